The van der Waals surface area contributed by atoms with Gasteiger partial charge >= 0.3 is 0 Å². The molecule has 0 saturated heterocycles. The number of rotatable bonds is 5. The monoisotopic (exact) mass is 373 g/mol. The van der Waals surface area contributed by atoms with Crippen molar-refractivity contribution in [3.63, 3.8) is 0 Å². The Kier molecular flexibility index (Phi) is 5.67. The van der Waals surface area contributed by atoms with E-state index in [0.29, 0.717) is 11.6 Å². The quantitative estimate of drug-likeness (QED) is 0.873. The summed E-state index contributed by atoms with van der Waals surface area (Å²) >= 11 is 6.43. The zero-order valence-electron chi connectivity index (χ0n) is 15.1. The topological polar surface area (TPSA) is 54.3 Å². The van der Waals surface area contributed by atoms with Crippen molar-refractivity contribution in [1.82, 2.24) is 14.8 Å². The number of hydrogen-bond donors (Lipinski definition) is 1. The van der Waals surface area contributed by atoms with Gasteiger partial charge in [-0.2, -0.15) is 0 Å². The van der Waals surface area contributed by atoms with Crippen molar-refractivity contribution in [3.05, 3.63) is 58.9 Å². The molecule has 5 nitrogen and oxygen atoms in total. The van der Waals surface area contributed by atoms with E-state index in [4.69, 9.17) is 11.6 Å². The normalized spacial score (nSPS) is 16.5. The Morgan fingerprint density at radius 3 is 2.65 bits per heavy atom. The first-order chi connectivity index (χ1) is 12.5. The van der Waals surface area contributed by atoms with Gasteiger partial charge in [0.15, 0.2) is 0 Å². The number of fused-ring (bicyclic) bond motifs is 1. The highest BCUT2D eigenvalue weighted by atomic mass is 35.5. The highest BCUT2D eigenvalue weighted by Crippen LogP contribution is 2.36. The van der Waals surface area contributed by atoms with Gasteiger partial charge < -0.3 is 14.8 Å². The molecule has 138 valence electrons. The second kappa shape index (κ2) is 7.96. The van der Waals surface area contributed by atoms with Crippen LogP contribution >= 0.6 is 11.6 Å². The summed E-state index contributed by atoms with van der Waals surface area (Å²) in [6, 6.07) is 11.5. The molecular weight excluding hydrogens is 350 g/mol. The van der Waals surface area contributed by atoms with Crippen LogP contribution in [-0.4, -0.2) is 33.9 Å². The molecule has 1 aromatic carbocycles. The molecule has 26 heavy (non-hydrogen) atoms. The number of halogens is 1. The first-order valence-electron chi connectivity index (χ1n) is 8.95. The first kappa shape index (κ1) is 18.5. The number of aromatic nitrogens is 1. The van der Waals surface area contributed by atoms with E-state index >= 15 is 0 Å². The number of carbonyl (C=O) groups is 2. The fraction of sp³-hybridized carbons (Fsp3) is 0.400. The molecule has 0 saturated carbocycles. The third-order valence-electron chi connectivity index (χ3n) is 4.57. The fourth-order valence-corrected chi connectivity index (χ4v) is 3.67. The molecule has 1 aliphatic heterocycles. The summed E-state index contributed by atoms with van der Waals surface area (Å²) in [7, 11) is 0. The first-order valence-corrected chi connectivity index (χ1v) is 9.33. The van der Waals surface area contributed by atoms with E-state index in [1.165, 1.54) is 0 Å². The molecule has 2 heterocycles. The zero-order chi connectivity index (χ0) is 18.7. The van der Waals surface area contributed by atoms with Crippen molar-refractivity contribution >= 4 is 23.4 Å². The highest BCUT2D eigenvalue weighted by Gasteiger charge is 2.33. The van der Waals surface area contributed by atoms with Gasteiger partial charge in [-0.1, -0.05) is 29.8 Å². The van der Waals surface area contributed by atoms with E-state index in [1.807, 2.05) is 61.3 Å². The maximum atomic E-state index is 12.9. The lowest BCUT2D eigenvalue weighted by Crippen LogP contribution is -2.43. The summed E-state index contributed by atoms with van der Waals surface area (Å²) in [5.41, 5.74) is 1.96. The van der Waals surface area contributed by atoms with Gasteiger partial charge in [-0.05, 0) is 37.6 Å². The van der Waals surface area contributed by atoms with Gasteiger partial charge in [0, 0.05) is 48.9 Å². The minimum Gasteiger partial charge on any atom is -0.354 e. The molecule has 1 aliphatic rings. The van der Waals surface area contributed by atoms with Crippen LogP contribution < -0.4 is 5.32 Å². The summed E-state index contributed by atoms with van der Waals surface area (Å²) in [6.45, 7) is 5.16. The third kappa shape index (κ3) is 3.93. The Hall–Kier alpha value is -2.27. The maximum Gasteiger partial charge on any atom is 0.223 e. The number of hydrogen-bond acceptors (Lipinski definition) is 2. The van der Waals surface area contributed by atoms with Gasteiger partial charge in [0.05, 0.1) is 6.04 Å². The van der Waals surface area contributed by atoms with Gasteiger partial charge in [0.25, 0.3) is 0 Å². The number of amides is 2. The molecule has 0 aliphatic carbocycles. The molecular formula is C20H24ClN3O2. The third-order valence-corrected chi connectivity index (χ3v) is 4.92. The molecule has 0 radical (unpaired) electrons. The molecule has 0 spiro atoms. The van der Waals surface area contributed by atoms with Crippen LogP contribution in [0.25, 0.3) is 0 Å². The van der Waals surface area contributed by atoms with Crippen LogP contribution in [0.4, 0.5) is 0 Å². The minimum atomic E-state index is -0.229. The summed E-state index contributed by atoms with van der Waals surface area (Å²) in [6.07, 6.45) is 2.42. The Morgan fingerprint density at radius 2 is 1.92 bits per heavy atom. The van der Waals surface area contributed by atoms with Crippen LogP contribution in [-0.2, 0) is 16.1 Å². The highest BCUT2D eigenvalue weighted by molar-refractivity contribution is 6.31. The smallest absolute Gasteiger partial charge is 0.223 e. The predicted octanol–water partition coefficient (Wildman–Crippen LogP) is 3.38. The maximum absolute atomic E-state index is 12.9. The van der Waals surface area contributed by atoms with Crippen molar-refractivity contribution in [1.29, 1.82) is 0 Å². The second-order valence-electron chi connectivity index (χ2n) is 6.86. The Balaban J connectivity index is 1.82. The number of benzene rings is 1. The van der Waals surface area contributed by atoms with Crippen LogP contribution in [0.15, 0.2) is 42.6 Å². The van der Waals surface area contributed by atoms with E-state index in [1.54, 1.807) is 0 Å². The van der Waals surface area contributed by atoms with Crippen LogP contribution in [0.3, 0.4) is 0 Å². The van der Waals surface area contributed by atoms with Crippen molar-refractivity contribution in [2.24, 2.45) is 0 Å². The van der Waals surface area contributed by atoms with Gasteiger partial charge in [0.1, 0.15) is 0 Å². The van der Waals surface area contributed by atoms with Crippen LogP contribution in [0.1, 0.15) is 44.0 Å². The SMILES string of the molecule is CC(C)NC(=O)CCC(=O)N1CCn2cccc2C1c1ccccc1Cl. The van der Waals surface area contributed by atoms with E-state index in [0.717, 1.165) is 17.8 Å². The van der Waals surface area contributed by atoms with Crippen molar-refractivity contribution < 1.29 is 9.59 Å². The lowest BCUT2D eigenvalue weighted by Gasteiger charge is -2.37. The van der Waals surface area contributed by atoms with E-state index in [2.05, 4.69) is 9.88 Å². The summed E-state index contributed by atoms with van der Waals surface area (Å²) in [5.74, 6) is -0.121. The molecule has 0 bridgehead atoms. The molecule has 2 aromatic rings. The predicted molar refractivity (Wildman–Crippen MR) is 102 cm³/mol. The standard InChI is InChI=1S/C20H24ClN3O2/c1-14(2)22-18(25)9-10-19(26)24-13-12-23-11-5-8-17(23)20(24)15-6-3-4-7-16(15)21/h3-8,11,14,20H,9-10,12-13H2,1-2H3,(H,22,25). The van der Waals surface area contributed by atoms with Crippen molar-refractivity contribution in [2.75, 3.05) is 6.54 Å². The van der Waals surface area contributed by atoms with Crippen LogP contribution in [0.2, 0.25) is 5.02 Å². The molecule has 1 N–H and O–H groups in total. The summed E-state index contributed by atoms with van der Waals surface area (Å²) in [5, 5.41) is 3.47. The molecule has 0 fully saturated rings. The van der Waals surface area contributed by atoms with Gasteiger partial charge in [-0.25, -0.2) is 0 Å². The Labute approximate surface area is 158 Å². The Morgan fingerprint density at radius 1 is 1.15 bits per heavy atom. The van der Waals surface area contributed by atoms with E-state index in [-0.39, 0.29) is 36.7 Å². The van der Waals surface area contributed by atoms with Gasteiger partial charge in [0.2, 0.25) is 11.8 Å². The molecule has 2 amide bonds. The second-order valence-corrected chi connectivity index (χ2v) is 7.27. The molecule has 1 aromatic heterocycles. The summed E-state index contributed by atoms with van der Waals surface area (Å²) < 4.78 is 2.16. The van der Waals surface area contributed by atoms with Crippen LogP contribution in [0.5, 0.6) is 0 Å². The zero-order valence-corrected chi connectivity index (χ0v) is 15.9. The largest absolute Gasteiger partial charge is 0.354 e. The lowest BCUT2D eigenvalue weighted by molar-refractivity contribution is -0.136. The average molecular weight is 374 g/mol. The fourth-order valence-electron chi connectivity index (χ4n) is 3.43. The molecule has 1 unspecified atom stereocenters. The van der Waals surface area contributed by atoms with E-state index in [9.17, 15) is 9.59 Å². The van der Waals surface area contributed by atoms with Crippen molar-refractivity contribution in [3.8, 4) is 0 Å². The number of nitrogens with one attached hydrogen (secondary N) is 1. The minimum absolute atomic E-state index is 0.0266. The van der Waals surface area contributed by atoms with Gasteiger partial charge in [-0.15, -0.1) is 0 Å². The summed E-state index contributed by atoms with van der Waals surface area (Å²) in [4.78, 5) is 26.7. The molecule has 6 heteroatoms. The van der Waals surface area contributed by atoms with Crippen molar-refractivity contribution in [2.45, 2.75) is 45.3 Å². The lowest BCUT2D eigenvalue weighted by atomic mass is 9.99. The average Bonchev–Trinajstić information content (AvgIpc) is 3.07. The van der Waals surface area contributed by atoms with E-state index < -0.39 is 0 Å². The number of carbonyl (C=O) groups excluding carboxylic acids is 2. The number of nitrogens with zero attached hydrogens (tertiary/aromatic N) is 2. The van der Waals surface area contributed by atoms with Crippen LogP contribution in [0, 0.1) is 0 Å². The molecule has 3 rings (SSSR count). The van der Waals surface area contributed by atoms with Gasteiger partial charge in [-0.3, -0.25) is 9.59 Å². The Bertz CT molecular complexity index is 800. The molecule has 1 atom stereocenters.